The van der Waals surface area contributed by atoms with Gasteiger partial charge in [0.05, 0.1) is 18.3 Å². The molecule has 0 fully saturated rings. The number of benzene rings is 1. The van der Waals surface area contributed by atoms with Crippen molar-refractivity contribution in [2.75, 3.05) is 5.32 Å². The third kappa shape index (κ3) is 3.40. The third-order valence-electron chi connectivity index (χ3n) is 3.10. The van der Waals surface area contributed by atoms with Gasteiger partial charge in [-0.3, -0.25) is 9.78 Å². The summed E-state index contributed by atoms with van der Waals surface area (Å²) in [4.78, 5) is 16.1. The number of amides is 1. The van der Waals surface area contributed by atoms with Gasteiger partial charge < -0.3 is 5.32 Å². The average Bonchev–Trinajstić information content (AvgIpc) is 2.95. The number of hydrogen-bond donors (Lipinski definition) is 1. The number of carbonyl (C=O) groups is 1. The van der Waals surface area contributed by atoms with E-state index in [1.165, 1.54) is 6.20 Å². The molecule has 0 bridgehead atoms. The SMILES string of the molecule is O=C(Nc1ccnn1Cc1cccc(Br)c1)c1cccnc1. The van der Waals surface area contributed by atoms with E-state index in [4.69, 9.17) is 0 Å². The summed E-state index contributed by atoms with van der Waals surface area (Å²) in [6.07, 6.45) is 4.83. The molecule has 2 heterocycles. The van der Waals surface area contributed by atoms with E-state index in [1.807, 2.05) is 24.3 Å². The number of nitrogens with one attached hydrogen (secondary N) is 1. The molecule has 0 saturated heterocycles. The Balaban J connectivity index is 1.76. The number of anilines is 1. The molecule has 0 radical (unpaired) electrons. The van der Waals surface area contributed by atoms with Crippen molar-refractivity contribution in [3.63, 3.8) is 0 Å². The highest BCUT2D eigenvalue weighted by atomic mass is 79.9. The van der Waals surface area contributed by atoms with Crippen molar-refractivity contribution in [2.45, 2.75) is 6.54 Å². The minimum Gasteiger partial charge on any atom is -0.307 e. The van der Waals surface area contributed by atoms with E-state index >= 15 is 0 Å². The van der Waals surface area contributed by atoms with Gasteiger partial charge in [0, 0.05) is 22.9 Å². The van der Waals surface area contributed by atoms with Crippen molar-refractivity contribution in [3.05, 3.63) is 76.7 Å². The van der Waals surface area contributed by atoms with Gasteiger partial charge >= 0.3 is 0 Å². The van der Waals surface area contributed by atoms with Gasteiger partial charge in [-0.2, -0.15) is 5.10 Å². The van der Waals surface area contributed by atoms with Crippen molar-refractivity contribution >= 4 is 27.7 Å². The summed E-state index contributed by atoms with van der Waals surface area (Å²) in [5, 5.41) is 7.11. The fraction of sp³-hybridized carbons (Fsp3) is 0.0625. The summed E-state index contributed by atoms with van der Waals surface area (Å²) in [6, 6.07) is 13.2. The summed E-state index contributed by atoms with van der Waals surface area (Å²) in [6.45, 7) is 0.578. The molecule has 110 valence electrons. The van der Waals surface area contributed by atoms with Crippen LogP contribution in [-0.4, -0.2) is 20.7 Å². The molecule has 3 rings (SSSR count). The number of carbonyl (C=O) groups excluding carboxylic acids is 1. The van der Waals surface area contributed by atoms with Crippen molar-refractivity contribution in [1.29, 1.82) is 0 Å². The van der Waals surface area contributed by atoms with E-state index in [0.717, 1.165) is 10.0 Å². The van der Waals surface area contributed by atoms with Crippen molar-refractivity contribution < 1.29 is 4.79 Å². The van der Waals surface area contributed by atoms with Crippen LogP contribution in [0.1, 0.15) is 15.9 Å². The largest absolute Gasteiger partial charge is 0.307 e. The zero-order valence-electron chi connectivity index (χ0n) is 11.6. The standard InChI is InChI=1S/C16H13BrN4O/c17-14-5-1-3-12(9-14)11-21-15(6-8-19-21)20-16(22)13-4-2-7-18-10-13/h1-10H,11H2,(H,20,22). The molecule has 2 aromatic heterocycles. The zero-order valence-corrected chi connectivity index (χ0v) is 13.2. The van der Waals surface area contributed by atoms with Crippen LogP contribution >= 0.6 is 15.9 Å². The first-order chi connectivity index (χ1) is 10.7. The van der Waals surface area contributed by atoms with E-state index < -0.39 is 0 Å². The molecule has 0 aliphatic heterocycles. The maximum atomic E-state index is 12.2. The molecule has 22 heavy (non-hydrogen) atoms. The summed E-state index contributed by atoms with van der Waals surface area (Å²) < 4.78 is 2.76. The second kappa shape index (κ2) is 6.53. The molecule has 0 aliphatic carbocycles. The highest BCUT2D eigenvalue weighted by Gasteiger charge is 2.10. The highest BCUT2D eigenvalue weighted by molar-refractivity contribution is 9.10. The molecule has 5 nitrogen and oxygen atoms in total. The lowest BCUT2D eigenvalue weighted by molar-refractivity contribution is 0.102. The number of nitrogens with zero attached hydrogens (tertiary/aromatic N) is 3. The number of halogens is 1. The summed E-state index contributed by atoms with van der Waals surface area (Å²) in [7, 11) is 0. The van der Waals surface area contributed by atoms with Gasteiger partial charge in [-0.15, -0.1) is 0 Å². The van der Waals surface area contributed by atoms with Crippen LogP contribution in [0.2, 0.25) is 0 Å². The predicted octanol–water partition coefficient (Wildman–Crippen LogP) is 3.34. The fourth-order valence-electron chi connectivity index (χ4n) is 2.06. The molecule has 0 unspecified atom stereocenters. The van der Waals surface area contributed by atoms with E-state index in [2.05, 4.69) is 31.3 Å². The van der Waals surface area contributed by atoms with Crippen LogP contribution in [0.25, 0.3) is 0 Å². The summed E-state index contributed by atoms with van der Waals surface area (Å²) >= 11 is 3.45. The topological polar surface area (TPSA) is 59.8 Å². The molecule has 0 atom stereocenters. The minimum atomic E-state index is -0.205. The zero-order chi connectivity index (χ0) is 15.4. The van der Waals surface area contributed by atoms with Crippen LogP contribution in [-0.2, 0) is 6.54 Å². The Kier molecular flexibility index (Phi) is 4.29. The first-order valence-corrected chi connectivity index (χ1v) is 7.49. The number of hydrogen-bond acceptors (Lipinski definition) is 3. The van der Waals surface area contributed by atoms with E-state index in [-0.39, 0.29) is 5.91 Å². The van der Waals surface area contributed by atoms with Gasteiger partial charge in [0.15, 0.2) is 0 Å². The Morgan fingerprint density at radius 1 is 1.18 bits per heavy atom. The third-order valence-corrected chi connectivity index (χ3v) is 3.60. The maximum Gasteiger partial charge on any atom is 0.258 e. The predicted molar refractivity (Wildman–Crippen MR) is 87.7 cm³/mol. The Labute approximate surface area is 136 Å². The van der Waals surface area contributed by atoms with Crippen LogP contribution in [0.4, 0.5) is 5.82 Å². The van der Waals surface area contributed by atoms with Gasteiger partial charge in [0.2, 0.25) is 0 Å². The molecule has 0 aliphatic rings. The molecule has 1 amide bonds. The molecule has 6 heteroatoms. The number of pyridine rings is 1. The van der Waals surface area contributed by atoms with Crippen LogP contribution in [0.15, 0.2) is 65.5 Å². The normalized spacial score (nSPS) is 10.4. The molecular weight excluding hydrogens is 344 g/mol. The molecule has 1 aromatic carbocycles. The summed E-state index contributed by atoms with van der Waals surface area (Å²) in [5.74, 6) is 0.443. The van der Waals surface area contributed by atoms with Crippen LogP contribution in [0, 0.1) is 0 Å². The molecule has 3 aromatic rings. The monoisotopic (exact) mass is 356 g/mol. The number of aromatic nitrogens is 3. The summed E-state index contributed by atoms with van der Waals surface area (Å²) in [5.41, 5.74) is 1.60. The maximum absolute atomic E-state index is 12.2. The average molecular weight is 357 g/mol. The quantitative estimate of drug-likeness (QED) is 0.779. The Morgan fingerprint density at radius 2 is 2.09 bits per heavy atom. The highest BCUT2D eigenvalue weighted by Crippen LogP contribution is 2.15. The smallest absolute Gasteiger partial charge is 0.258 e. The Bertz CT molecular complexity index is 786. The number of rotatable bonds is 4. The first-order valence-electron chi connectivity index (χ1n) is 6.70. The molecule has 0 saturated carbocycles. The lowest BCUT2D eigenvalue weighted by atomic mass is 10.2. The van der Waals surface area contributed by atoms with Crippen molar-refractivity contribution in [3.8, 4) is 0 Å². The molecular formula is C16H13BrN4O. The van der Waals surface area contributed by atoms with E-state index in [1.54, 1.807) is 35.3 Å². The van der Waals surface area contributed by atoms with E-state index in [0.29, 0.717) is 17.9 Å². The Morgan fingerprint density at radius 3 is 2.86 bits per heavy atom. The van der Waals surface area contributed by atoms with Crippen molar-refractivity contribution in [2.24, 2.45) is 0 Å². The fourth-order valence-corrected chi connectivity index (χ4v) is 2.51. The van der Waals surface area contributed by atoms with Gasteiger partial charge in [0.25, 0.3) is 5.91 Å². The van der Waals surface area contributed by atoms with Gasteiger partial charge in [0.1, 0.15) is 5.82 Å². The first kappa shape index (κ1) is 14.5. The lowest BCUT2D eigenvalue weighted by Gasteiger charge is -2.09. The second-order valence-corrected chi connectivity index (χ2v) is 5.62. The van der Waals surface area contributed by atoms with Crippen molar-refractivity contribution in [1.82, 2.24) is 14.8 Å². The van der Waals surface area contributed by atoms with Crippen LogP contribution in [0.5, 0.6) is 0 Å². The lowest BCUT2D eigenvalue weighted by Crippen LogP contribution is -2.16. The van der Waals surface area contributed by atoms with Gasteiger partial charge in [-0.05, 0) is 29.8 Å². The molecule has 1 N–H and O–H groups in total. The van der Waals surface area contributed by atoms with Crippen LogP contribution in [0.3, 0.4) is 0 Å². The Hall–Kier alpha value is -2.47. The van der Waals surface area contributed by atoms with Gasteiger partial charge in [-0.1, -0.05) is 28.1 Å². The minimum absolute atomic E-state index is 0.205. The van der Waals surface area contributed by atoms with Gasteiger partial charge in [-0.25, -0.2) is 4.68 Å². The molecule has 0 spiro atoms. The van der Waals surface area contributed by atoms with Crippen LogP contribution < -0.4 is 5.32 Å². The second-order valence-electron chi connectivity index (χ2n) is 4.70. The van der Waals surface area contributed by atoms with E-state index in [9.17, 15) is 4.79 Å².